The first kappa shape index (κ1) is 74.9. The van der Waals surface area contributed by atoms with Crippen molar-refractivity contribution in [1.29, 1.82) is 0 Å². The van der Waals surface area contributed by atoms with Crippen molar-refractivity contribution >= 4 is 29.7 Å². The van der Waals surface area contributed by atoms with Gasteiger partial charge in [0, 0.05) is 33.6 Å². The van der Waals surface area contributed by atoms with Gasteiger partial charge in [-0.1, -0.05) is 0 Å². The van der Waals surface area contributed by atoms with Gasteiger partial charge in [-0.3, -0.25) is 14.4 Å². The smallest absolute Gasteiger partial charge is 0.364 e. The van der Waals surface area contributed by atoms with Gasteiger partial charge in [-0.2, -0.15) is 0 Å². The Morgan fingerprint density at radius 2 is 0.886 bits per heavy atom. The van der Waals surface area contributed by atoms with E-state index in [2.05, 4.69) is 16.0 Å². The van der Waals surface area contributed by atoms with Crippen molar-refractivity contribution in [2.45, 2.75) is 223 Å². The van der Waals surface area contributed by atoms with E-state index in [0.717, 1.165) is 20.8 Å². The van der Waals surface area contributed by atoms with Crippen LogP contribution < -0.4 is 16.0 Å². The number of ether oxygens (including phenoxy) is 10. The number of carbonyl (C=O) groups excluding carboxylic acids is 3. The Balaban J connectivity index is 1.63. The van der Waals surface area contributed by atoms with E-state index in [0.29, 0.717) is 0 Å². The molecule has 5 aliphatic heterocycles. The van der Waals surface area contributed by atoms with Gasteiger partial charge in [-0.05, 0) is 0 Å². The quantitative estimate of drug-likeness (QED) is 0.0331. The summed E-state index contributed by atoms with van der Waals surface area (Å²) in [5.41, 5.74) is 0. The Morgan fingerprint density at radius 1 is 0.489 bits per heavy atom. The highest BCUT2D eigenvalue weighted by molar-refractivity contribution is 5.77. The Bertz CT molecular complexity index is 2270. The van der Waals surface area contributed by atoms with Gasteiger partial charge in [0.25, 0.3) is 11.6 Å². The van der Waals surface area contributed by atoms with E-state index < -0.39 is 278 Å². The van der Waals surface area contributed by atoms with Crippen molar-refractivity contribution in [3.05, 3.63) is 0 Å². The fraction of sp³-hybridized carbons (Fsp3) is 0.896. The molecule has 5 saturated heterocycles. The second kappa shape index (κ2) is 32.1. The van der Waals surface area contributed by atoms with E-state index in [-0.39, 0.29) is 0 Å². The molecule has 3 amide bonds. The second-order valence-corrected chi connectivity index (χ2v) is 21.6. The molecule has 0 bridgehead atoms. The third-order valence-electron chi connectivity index (χ3n) is 15.2. The lowest BCUT2D eigenvalue weighted by atomic mass is 9.88. The monoisotopic (exact) mass is 1290 g/mol. The first-order valence-corrected chi connectivity index (χ1v) is 27.3. The molecule has 0 radical (unpaired) electrons. The van der Waals surface area contributed by atoms with Crippen LogP contribution in [0.5, 0.6) is 0 Å². The number of aliphatic carboxylic acids is 2. The minimum atomic E-state index is -3.35. The van der Waals surface area contributed by atoms with Crippen LogP contribution in [0.2, 0.25) is 0 Å². The molecule has 5 rings (SSSR count). The van der Waals surface area contributed by atoms with Gasteiger partial charge >= 0.3 is 11.9 Å². The molecule has 0 aromatic carbocycles. The van der Waals surface area contributed by atoms with Crippen LogP contribution in [0.3, 0.4) is 0 Å². The molecule has 0 saturated carbocycles. The number of amides is 3. The molecule has 0 aromatic rings. The van der Waals surface area contributed by atoms with Crippen LogP contribution in [-0.4, -0.2) is 377 Å². The number of carboxylic acid groups (broad SMARTS) is 2. The van der Waals surface area contributed by atoms with Crippen molar-refractivity contribution in [3.8, 4) is 0 Å². The number of hydrogen-bond donors (Lipinski definition) is 25. The summed E-state index contributed by atoms with van der Waals surface area (Å²) < 4.78 is 57.6. The summed E-state index contributed by atoms with van der Waals surface area (Å²) in [6.45, 7) is -5.90. The van der Waals surface area contributed by atoms with E-state index in [1.54, 1.807) is 0 Å². The molecule has 0 aliphatic carbocycles. The fourth-order valence-electron chi connectivity index (χ4n) is 10.6. The Morgan fingerprint density at radius 3 is 1.34 bits per heavy atom. The van der Waals surface area contributed by atoms with Crippen LogP contribution in [0.1, 0.15) is 33.6 Å². The standard InChI is InChI=1S/C48H81N3O37/c1-13(58)49-25-16(61)4-47(45(75)76,86-38(25)29(68)19(64)7-53)79-12-24-33(72)37(27(51-15(3)60)42(82-24)85-40-31(70)22(10-56)80-43(34(40)73)83-36(21(66)9-55)28(67)18(63)6-52)84-44-35(74)41(32(71)23(11-57)81-44)88-48(46(77)78)5-17(62)26(50-14(2)59)39(87-48)30(69)20(65)8-54/h16-44,52-57,61-74H,4-12H2,1-3H3,(H,49,58)(H,50,59)(H,51,60)(H,75,76)(H,77,78)/t16-,17-,18-,19+,20+,21+,22+,23+,24+,25+,26+,27+,28+,29+,30+,31-,32-,33+,34+,35+,36+,37+,38+,39+,40-,41-,42-,43-,44-,47+,48-/m0/s1. The number of aliphatic hydroxyl groups excluding tert-OH is 20. The zero-order chi connectivity index (χ0) is 66.2. The van der Waals surface area contributed by atoms with Gasteiger partial charge in [0.15, 0.2) is 18.9 Å². The summed E-state index contributed by atoms with van der Waals surface area (Å²) in [4.78, 5) is 64.1. The van der Waals surface area contributed by atoms with Crippen LogP contribution in [-0.2, 0) is 71.3 Å². The number of nitrogens with one attached hydrogen (secondary N) is 3. The lowest BCUT2D eigenvalue weighted by molar-refractivity contribution is -0.389. The molecule has 0 aromatic heterocycles. The van der Waals surface area contributed by atoms with Crippen LogP contribution in [0.25, 0.3) is 0 Å². The molecule has 5 heterocycles. The summed E-state index contributed by atoms with van der Waals surface area (Å²) in [6.07, 6.45) is -61.5. The zero-order valence-electron chi connectivity index (χ0n) is 47.1. The average Bonchev–Trinajstić information content (AvgIpc) is 1.95. The van der Waals surface area contributed by atoms with E-state index in [4.69, 9.17) is 47.4 Å². The summed E-state index contributed by atoms with van der Waals surface area (Å²) in [5.74, 6) is -13.7. The Kier molecular flexibility index (Phi) is 27.3. The van der Waals surface area contributed by atoms with E-state index >= 15 is 0 Å². The van der Waals surface area contributed by atoms with Gasteiger partial charge in [0.1, 0.15) is 134 Å². The minimum absolute atomic E-state index is 0.839. The number of carbonyl (C=O) groups is 5. The summed E-state index contributed by atoms with van der Waals surface area (Å²) >= 11 is 0. The van der Waals surface area contributed by atoms with Gasteiger partial charge in [0.05, 0.1) is 70.5 Å². The van der Waals surface area contributed by atoms with Crippen molar-refractivity contribution in [3.63, 3.8) is 0 Å². The second-order valence-electron chi connectivity index (χ2n) is 21.6. The molecule has 40 heteroatoms. The van der Waals surface area contributed by atoms with Gasteiger partial charge in [0.2, 0.25) is 17.7 Å². The normalized spacial score (nSPS) is 40.8. The third-order valence-corrected chi connectivity index (χ3v) is 15.2. The third kappa shape index (κ3) is 16.9. The molecule has 31 atom stereocenters. The SMILES string of the molecule is CC(=O)N[C@H]1[C@H](O[C@H]2[C@@H](O)[C@@H](CO)O[C@@H](O[C@@H]([C@H](O)[C@@H](O)CO)[C@H](O)CO)[C@@H]2O)O[C@H](CO[C@]2(C(=O)O)C[C@H](O)[C@@H](NC(C)=O)[C@H]([C@H](O)[C@H](O)CO)O2)[C@@H](O)[C@@H]1O[C@@H]1O[C@H](CO)[C@H](O)[C@H](O[C@]2(C(=O)O)C[C@H](O)[C@@H](NC(C)=O)[C@H]([C@H](O)[C@H](O)CO)O2)[C@H]1O. The maximum Gasteiger partial charge on any atom is 0.364 e. The lowest BCUT2D eigenvalue weighted by Gasteiger charge is -2.52. The first-order chi connectivity index (χ1) is 41.2. The summed E-state index contributed by atoms with van der Waals surface area (Å²) in [7, 11) is 0. The highest BCUT2D eigenvalue weighted by Crippen LogP contribution is 2.41. The van der Waals surface area contributed by atoms with Gasteiger partial charge in [-0.25, -0.2) is 9.59 Å². The largest absolute Gasteiger partial charge is 0.477 e. The predicted octanol–water partition coefficient (Wildman–Crippen LogP) is -15.6. The highest BCUT2D eigenvalue weighted by Gasteiger charge is 2.62. The van der Waals surface area contributed by atoms with Crippen LogP contribution in [0.15, 0.2) is 0 Å². The molecule has 5 aliphatic rings. The maximum atomic E-state index is 13.2. The van der Waals surface area contributed by atoms with Crippen LogP contribution in [0, 0.1) is 0 Å². The summed E-state index contributed by atoms with van der Waals surface area (Å²) in [5, 5.41) is 244. The van der Waals surface area contributed by atoms with Gasteiger partial charge < -0.3 is 176 Å². The van der Waals surface area contributed by atoms with Crippen LogP contribution in [0.4, 0.5) is 0 Å². The minimum Gasteiger partial charge on any atom is -0.477 e. The molecule has 25 N–H and O–H groups in total. The Labute approximate surface area is 497 Å². The zero-order valence-corrected chi connectivity index (χ0v) is 47.1. The Hall–Kier alpha value is -3.85. The van der Waals surface area contributed by atoms with Crippen molar-refractivity contribution in [1.82, 2.24) is 16.0 Å². The van der Waals surface area contributed by atoms with E-state index in [1.165, 1.54) is 0 Å². The van der Waals surface area contributed by atoms with E-state index in [9.17, 15) is 136 Å². The van der Waals surface area contributed by atoms with Crippen LogP contribution >= 0.6 is 0 Å². The first-order valence-electron chi connectivity index (χ1n) is 27.3. The van der Waals surface area contributed by atoms with Crippen molar-refractivity contribution in [2.75, 3.05) is 46.2 Å². The number of rotatable bonds is 29. The van der Waals surface area contributed by atoms with E-state index in [1.807, 2.05) is 0 Å². The molecule has 40 nitrogen and oxygen atoms in total. The molecular formula is C48H81N3O37. The molecular weight excluding hydrogens is 1210 g/mol. The lowest BCUT2D eigenvalue weighted by Crippen LogP contribution is -2.72. The summed E-state index contributed by atoms with van der Waals surface area (Å²) in [6, 6.07) is -5.68. The van der Waals surface area contributed by atoms with Crippen molar-refractivity contribution < 1.29 is 184 Å². The molecule has 5 fully saturated rings. The molecule has 88 heavy (non-hydrogen) atoms. The fourth-order valence-corrected chi connectivity index (χ4v) is 10.6. The average molecular weight is 1290 g/mol. The molecule has 0 spiro atoms. The molecule has 0 unspecified atom stereocenters. The highest BCUT2D eigenvalue weighted by atomic mass is 16.8. The number of hydrogen-bond acceptors (Lipinski definition) is 35. The molecule has 510 valence electrons. The number of carboxylic acids is 2. The van der Waals surface area contributed by atoms with Crippen molar-refractivity contribution in [2.24, 2.45) is 0 Å². The maximum absolute atomic E-state index is 13.2. The van der Waals surface area contributed by atoms with Gasteiger partial charge in [-0.15, -0.1) is 0 Å². The predicted molar refractivity (Wildman–Crippen MR) is 271 cm³/mol. The topological polar surface area (TPSA) is 659 Å². The number of aliphatic hydroxyl groups is 20.